The Morgan fingerprint density at radius 2 is 1.73 bits per heavy atom. The minimum absolute atomic E-state index is 0.313. The first kappa shape index (κ1) is 20.3. The summed E-state index contributed by atoms with van der Waals surface area (Å²) < 4.78 is 31.4. The maximum Gasteiger partial charge on any atom is 0.257 e. The van der Waals surface area contributed by atoms with Crippen LogP contribution in [0.15, 0.2) is 36.4 Å². The van der Waals surface area contributed by atoms with E-state index in [1.54, 1.807) is 17.4 Å². The van der Waals surface area contributed by atoms with Gasteiger partial charge in [-0.3, -0.25) is 4.40 Å². The largest absolute Gasteiger partial charge is 0.371 e. The second-order valence-corrected chi connectivity index (χ2v) is 9.38. The van der Waals surface area contributed by atoms with Crippen molar-refractivity contribution in [2.45, 2.75) is 45.2 Å². The van der Waals surface area contributed by atoms with Crippen LogP contribution in [0, 0.1) is 12.7 Å². The van der Waals surface area contributed by atoms with Crippen LogP contribution in [0.4, 0.5) is 26.0 Å². The highest BCUT2D eigenvalue weighted by atomic mass is 19.1. The molecular formula is C25H26F2N6. The zero-order valence-electron chi connectivity index (χ0n) is 18.9. The molecule has 6 rings (SSSR count). The van der Waals surface area contributed by atoms with E-state index in [2.05, 4.69) is 32.1 Å². The lowest BCUT2D eigenvalue weighted by molar-refractivity contribution is 0.149. The SMILES string of the molecule is Cc1nnc2nc(N3CCCc4c(N5CCC(C)(F)CC5)cccc43)c3c(F)cccc3n12. The summed E-state index contributed by atoms with van der Waals surface area (Å²) in [5.74, 6) is 1.38. The van der Waals surface area contributed by atoms with E-state index in [0.29, 0.717) is 54.3 Å². The van der Waals surface area contributed by atoms with E-state index in [4.69, 9.17) is 4.98 Å². The second kappa shape index (κ2) is 7.37. The third kappa shape index (κ3) is 3.22. The number of fused-ring (bicyclic) bond motifs is 4. The van der Waals surface area contributed by atoms with E-state index in [9.17, 15) is 4.39 Å². The van der Waals surface area contributed by atoms with Gasteiger partial charge in [-0.05, 0) is 69.4 Å². The maximum absolute atomic E-state index is 15.2. The van der Waals surface area contributed by atoms with Gasteiger partial charge in [0.25, 0.3) is 5.78 Å². The Kier molecular flexibility index (Phi) is 4.54. The molecule has 4 heterocycles. The predicted octanol–water partition coefficient (Wildman–Crippen LogP) is 5.14. The summed E-state index contributed by atoms with van der Waals surface area (Å²) in [7, 11) is 0. The van der Waals surface area contributed by atoms with Gasteiger partial charge in [-0.15, -0.1) is 10.2 Å². The molecule has 0 amide bonds. The highest BCUT2D eigenvalue weighted by Gasteiger charge is 2.32. The van der Waals surface area contributed by atoms with Gasteiger partial charge in [0.05, 0.1) is 10.9 Å². The molecule has 0 unspecified atom stereocenters. The number of nitrogens with zero attached hydrogens (tertiary/aromatic N) is 6. The third-order valence-corrected chi connectivity index (χ3v) is 7.10. The molecule has 1 fully saturated rings. The first-order chi connectivity index (χ1) is 15.9. The van der Waals surface area contributed by atoms with E-state index in [1.807, 2.05) is 19.1 Å². The zero-order valence-corrected chi connectivity index (χ0v) is 18.9. The monoisotopic (exact) mass is 448 g/mol. The van der Waals surface area contributed by atoms with Crippen LogP contribution in [0.3, 0.4) is 0 Å². The van der Waals surface area contributed by atoms with Crippen LogP contribution < -0.4 is 9.80 Å². The molecule has 0 saturated carbocycles. The van der Waals surface area contributed by atoms with Gasteiger partial charge in [-0.2, -0.15) is 4.98 Å². The van der Waals surface area contributed by atoms with Crippen LogP contribution in [0.5, 0.6) is 0 Å². The van der Waals surface area contributed by atoms with Crippen molar-refractivity contribution in [2.24, 2.45) is 0 Å². The average Bonchev–Trinajstić information content (AvgIpc) is 3.19. The van der Waals surface area contributed by atoms with Gasteiger partial charge in [-0.1, -0.05) is 12.1 Å². The topological polar surface area (TPSA) is 49.6 Å². The molecule has 0 aliphatic carbocycles. The van der Waals surface area contributed by atoms with E-state index in [-0.39, 0.29) is 5.82 Å². The smallest absolute Gasteiger partial charge is 0.257 e. The Hall–Kier alpha value is -3.29. The number of rotatable bonds is 2. The van der Waals surface area contributed by atoms with Crippen molar-refractivity contribution in [3.05, 3.63) is 53.6 Å². The molecule has 0 N–H and O–H groups in total. The molecular weight excluding hydrogens is 422 g/mol. The van der Waals surface area contributed by atoms with Crippen molar-refractivity contribution in [1.29, 1.82) is 0 Å². The van der Waals surface area contributed by atoms with Gasteiger partial charge < -0.3 is 9.80 Å². The number of piperidine rings is 1. The van der Waals surface area contributed by atoms with E-state index in [1.165, 1.54) is 11.6 Å². The number of benzene rings is 2. The summed E-state index contributed by atoms with van der Waals surface area (Å²) in [5.41, 5.74) is 3.01. The summed E-state index contributed by atoms with van der Waals surface area (Å²) in [6.45, 7) is 5.67. The number of aromatic nitrogens is 4. The molecule has 2 aliphatic rings. The Morgan fingerprint density at radius 1 is 0.970 bits per heavy atom. The van der Waals surface area contributed by atoms with Gasteiger partial charge in [0, 0.05) is 31.0 Å². The number of alkyl halides is 1. The number of halogens is 2. The van der Waals surface area contributed by atoms with Crippen molar-refractivity contribution in [1.82, 2.24) is 19.6 Å². The fourth-order valence-corrected chi connectivity index (χ4v) is 5.31. The fraction of sp³-hybridized carbons (Fsp3) is 0.400. The number of hydrogen-bond acceptors (Lipinski definition) is 5. The van der Waals surface area contributed by atoms with E-state index >= 15 is 4.39 Å². The normalized spacial score (nSPS) is 18.2. The molecule has 4 aromatic rings. The highest BCUT2D eigenvalue weighted by molar-refractivity contribution is 5.95. The number of hydrogen-bond donors (Lipinski definition) is 0. The molecule has 2 aliphatic heterocycles. The van der Waals surface area contributed by atoms with Crippen molar-refractivity contribution < 1.29 is 8.78 Å². The number of anilines is 3. The molecule has 0 spiro atoms. The first-order valence-corrected chi connectivity index (χ1v) is 11.6. The summed E-state index contributed by atoms with van der Waals surface area (Å²) in [4.78, 5) is 9.19. The van der Waals surface area contributed by atoms with Crippen molar-refractivity contribution >= 4 is 33.9 Å². The summed E-state index contributed by atoms with van der Waals surface area (Å²) in [6.07, 6.45) is 2.91. The van der Waals surface area contributed by atoms with Crippen molar-refractivity contribution in [3.8, 4) is 0 Å². The van der Waals surface area contributed by atoms with Crippen molar-refractivity contribution in [3.63, 3.8) is 0 Å². The molecule has 2 aromatic heterocycles. The predicted molar refractivity (Wildman–Crippen MR) is 126 cm³/mol. The maximum atomic E-state index is 15.2. The Morgan fingerprint density at radius 3 is 2.55 bits per heavy atom. The lowest BCUT2D eigenvalue weighted by Crippen LogP contribution is -2.41. The molecule has 0 radical (unpaired) electrons. The van der Waals surface area contributed by atoms with Gasteiger partial charge >= 0.3 is 0 Å². The second-order valence-electron chi connectivity index (χ2n) is 9.38. The molecule has 170 valence electrons. The van der Waals surface area contributed by atoms with Gasteiger partial charge in [0.2, 0.25) is 0 Å². The molecule has 33 heavy (non-hydrogen) atoms. The molecule has 2 aromatic carbocycles. The molecule has 0 bridgehead atoms. The van der Waals surface area contributed by atoms with Crippen LogP contribution in [-0.2, 0) is 6.42 Å². The molecule has 0 atom stereocenters. The van der Waals surface area contributed by atoms with Crippen LogP contribution in [-0.4, -0.2) is 44.9 Å². The van der Waals surface area contributed by atoms with Gasteiger partial charge in [-0.25, -0.2) is 8.78 Å². The first-order valence-electron chi connectivity index (χ1n) is 11.6. The van der Waals surface area contributed by atoms with Gasteiger partial charge in [0.15, 0.2) is 0 Å². The van der Waals surface area contributed by atoms with E-state index in [0.717, 1.165) is 30.8 Å². The average molecular weight is 449 g/mol. The highest BCUT2D eigenvalue weighted by Crippen LogP contribution is 2.42. The summed E-state index contributed by atoms with van der Waals surface area (Å²) in [6, 6.07) is 11.3. The lowest BCUT2D eigenvalue weighted by Gasteiger charge is -2.39. The van der Waals surface area contributed by atoms with Gasteiger partial charge in [0.1, 0.15) is 23.1 Å². The summed E-state index contributed by atoms with van der Waals surface area (Å²) in [5, 5.41) is 8.86. The molecule has 8 heteroatoms. The minimum atomic E-state index is -1.09. The zero-order chi connectivity index (χ0) is 22.7. The van der Waals surface area contributed by atoms with Crippen molar-refractivity contribution in [2.75, 3.05) is 29.4 Å². The van der Waals surface area contributed by atoms with Crippen LogP contribution in [0.1, 0.15) is 37.6 Å². The lowest BCUT2D eigenvalue weighted by atomic mass is 9.93. The summed E-state index contributed by atoms with van der Waals surface area (Å²) >= 11 is 0. The molecule has 1 saturated heterocycles. The van der Waals surface area contributed by atoms with Crippen LogP contribution >= 0.6 is 0 Å². The Balaban J connectivity index is 1.51. The van der Waals surface area contributed by atoms with Crippen LogP contribution in [0.2, 0.25) is 0 Å². The Bertz CT molecular complexity index is 1370. The van der Waals surface area contributed by atoms with E-state index < -0.39 is 5.67 Å². The fourth-order valence-electron chi connectivity index (χ4n) is 5.31. The number of aryl methyl sites for hydroxylation is 1. The third-order valence-electron chi connectivity index (χ3n) is 7.10. The van der Waals surface area contributed by atoms with Crippen LogP contribution in [0.25, 0.3) is 16.7 Å². The minimum Gasteiger partial charge on any atom is -0.371 e. The standard InChI is InChI=1S/C25H26F2N6/c1-16-29-30-24-28-23(22-18(26)7-3-10-21(22)33(16)24)32-13-5-6-17-19(8-4-9-20(17)32)31-14-11-25(2,27)12-15-31/h3-4,7-10H,5-6,11-15H2,1-2H3. The molecule has 6 nitrogen and oxygen atoms in total. The Labute approximate surface area is 190 Å². The quantitative estimate of drug-likeness (QED) is 0.425.